The number of aliphatic hydroxyl groups excluding tert-OH is 1. The standard InChI is InChI=1S/C16H14N2O6/c19-14(17-12-6-8-13(9-7-12)18(22)23)10-24-16(21)15(20)11-4-2-1-3-5-11/h1-9,15,20H,10H2,(H,17,19)/t15-/m0/s1. The van der Waals surface area contributed by atoms with Gasteiger partial charge in [0.15, 0.2) is 12.7 Å². The van der Waals surface area contributed by atoms with Crippen LogP contribution >= 0.6 is 0 Å². The monoisotopic (exact) mass is 330 g/mol. The number of non-ortho nitro benzene ring substituents is 1. The first-order valence-corrected chi connectivity index (χ1v) is 6.91. The minimum Gasteiger partial charge on any atom is -0.453 e. The molecule has 0 aromatic heterocycles. The van der Waals surface area contributed by atoms with Crippen LogP contribution in [0.3, 0.4) is 0 Å². The number of carbonyl (C=O) groups excluding carboxylic acids is 2. The molecule has 0 bridgehead atoms. The Balaban J connectivity index is 1.84. The number of benzene rings is 2. The number of hydrogen-bond donors (Lipinski definition) is 2. The van der Waals surface area contributed by atoms with Gasteiger partial charge < -0.3 is 15.2 Å². The molecule has 124 valence electrons. The fraction of sp³-hybridized carbons (Fsp3) is 0.125. The number of nitro benzene ring substituents is 1. The summed E-state index contributed by atoms with van der Waals surface area (Å²) in [5.74, 6) is -1.57. The number of ether oxygens (including phenoxy) is 1. The van der Waals surface area contributed by atoms with Crippen LogP contribution in [0.1, 0.15) is 11.7 Å². The van der Waals surface area contributed by atoms with E-state index in [1.165, 1.54) is 24.3 Å². The number of esters is 1. The molecule has 0 heterocycles. The fourth-order valence-electron chi connectivity index (χ4n) is 1.85. The largest absolute Gasteiger partial charge is 0.453 e. The van der Waals surface area contributed by atoms with Gasteiger partial charge >= 0.3 is 5.97 Å². The molecule has 0 spiro atoms. The highest BCUT2D eigenvalue weighted by Crippen LogP contribution is 2.16. The third kappa shape index (κ3) is 4.62. The van der Waals surface area contributed by atoms with E-state index in [0.29, 0.717) is 11.3 Å². The van der Waals surface area contributed by atoms with Crippen molar-refractivity contribution in [1.29, 1.82) is 0 Å². The highest BCUT2D eigenvalue weighted by Gasteiger charge is 2.19. The summed E-state index contributed by atoms with van der Waals surface area (Å²) in [6, 6.07) is 13.4. The zero-order valence-corrected chi connectivity index (χ0v) is 12.4. The third-order valence-corrected chi connectivity index (χ3v) is 3.05. The molecule has 0 radical (unpaired) electrons. The van der Waals surface area contributed by atoms with Crippen LogP contribution in [0.2, 0.25) is 0 Å². The van der Waals surface area contributed by atoms with E-state index in [-0.39, 0.29) is 5.69 Å². The van der Waals surface area contributed by atoms with Gasteiger partial charge in [0.05, 0.1) is 4.92 Å². The lowest BCUT2D eigenvalue weighted by molar-refractivity contribution is -0.384. The summed E-state index contributed by atoms with van der Waals surface area (Å²) >= 11 is 0. The molecule has 1 amide bonds. The maximum absolute atomic E-state index is 11.7. The van der Waals surface area contributed by atoms with Crippen LogP contribution in [0.5, 0.6) is 0 Å². The molecule has 2 rings (SSSR count). The molecule has 0 aliphatic heterocycles. The molecule has 8 nitrogen and oxygen atoms in total. The Bertz CT molecular complexity index is 730. The minimum absolute atomic E-state index is 0.106. The van der Waals surface area contributed by atoms with Crippen LogP contribution in [-0.2, 0) is 14.3 Å². The van der Waals surface area contributed by atoms with Crippen LogP contribution in [0.15, 0.2) is 54.6 Å². The quantitative estimate of drug-likeness (QED) is 0.473. The van der Waals surface area contributed by atoms with E-state index < -0.39 is 29.5 Å². The van der Waals surface area contributed by atoms with Crippen molar-refractivity contribution in [2.24, 2.45) is 0 Å². The molecule has 8 heteroatoms. The van der Waals surface area contributed by atoms with Crippen molar-refractivity contribution in [1.82, 2.24) is 0 Å². The Hall–Kier alpha value is -3.26. The predicted octanol–water partition coefficient (Wildman–Crippen LogP) is 1.81. The Labute approximate surface area is 136 Å². The van der Waals surface area contributed by atoms with Gasteiger partial charge in [0, 0.05) is 17.8 Å². The van der Waals surface area contributed by atoms with E-state index in [2.05, 4.69) is 5.32 Å². The number of anilines is 1. The first-order chi connectivity index (χ1) is 11.5. The fourth-order valence-corrected chi connectivity index (χ4v) is 1.85. The molecule has 0 fully saturated rings. The molecular formula is C16H14N2O6. The van der Waals surface area contributed by atoms with E-state index in [4.69, 9.17) is 4.74 Å². The average Bonchev–Trinajstić information content (AvgIpc) is 2.60. The molecule has 0 unspecified atom stereocenters. The summed E-state index contributed by atoms with van der Waals surface area (Å²) in [6.45, 7) is -0.584. The lowest BCUT2D eigenvalue weighted by Crippen LogP contribution is -2.23. The highest BCUT2D eigenvalue weighted by atomic mass is 16.6. The zero-order valence-electron chi connectivity index (χ0n) is 12.4. The number of nitro groups is 1. The van der Waals surface area contributed by atoms with Crippen molar-refractivity contribution < 1.29 is 24.4 Å². The number of hydrogen-bond acceptors (Lipinski definition) is 6. The number of aliphatic hydroxyl groups is 1. The van der Waals surface area contributed by atoms with E-state index in [0.717, 1.165) is 0 Å². The number of nitrogens with one attached hydrogen (secondary N) is 1. The number of rotatable bonds is 6. The minimum atomic E-state index is -1.47. The molecule has 0 aliphatic rings. The molecule has 0 saturated heterocycles. The Kier molecular flexibility index (Phi) is 5.58. The number of amides is 1. The SMILES string of the molecule is O=C(COC(=O)[C@@H](O)c1ccccc1)Nc1ccc([N+](=O)[O-])cc1. The van der Waals surface area contributed by atoms with Crippen molar-refractivity contribution in [2.75, 3.05) is 11.9 Å². The van der Waals surface area contributed by atoms with Crippen molar-refractivity contribution in [3.63, 3.8) is 0 Å². The zero-order chi connectivity index (χ0) is 17.5. The Morgan fingerprint density at radius 3 is 2.33 bits per heavy atom. The predicted molar refractivity (Wildman–Crippen MR) is 84.1 cm³/mol. The van der Waals surface area contributed by atoms with E-state index in [1.54, 1.807) is 30.3 Å². The van der Waals surface area contributed by atoms with Gasteiger partial charge in [-0.1, -0.05) is 30.3 Å². The second kappa shape index (κ2) is 7.84. The van der Waals surface area contributed by atoms with Crippen LogP contribution in [0.4, 0.5) is 11.4 Å². The maximum Gasteiger partial charge on any atom is 0.340 e. The summed E-state index contributed by atoms with van der Waals surface area (Å²) in [5.41, 5.74) is 0.578. The smallest absolute Gasteiger partial charge is 0.340 e. The second-order valence-electron chi connectivity index (χ2n) is 4.77. The number of nitrogens with zero attached hydrogens (tertiary/aromatic N) is 1. The number of carbonyl (C=O) groups is 2. The van der Waals surface area contributed by atoms with Gasteiger partial charge in [-0.3, -0.25) is 14.9 Å². The highest BCUT2D eigenvalue weighted by molar-refractivity contribution is 5.93. The molecule has 24 heavy (non-hydrogen) atoms. The molecule has 0 aliphatic carbocycles. The lowest BCUT2D eigenvalue weighted by atomic mass is 10.1. The average molecular weight is 330 g/mol. The Morgan fingerprint density at radius 2 is 1.75 bits per heavy atom. The summed E-state index contributed by atoms with van der Waals surface area (Å²) in [4.78, 5) is 33.4. The van der Waals surface area contributed by atoms with Gasteiger partial charge in [-0.25, -0.2) is 4.79 Å². The first-order valence-electron chi connectivity index (χ1n) is 6.91. The van der Waals surface area contributed by atoms with E-state index in [9.17, 15) is 24.8 Å². The van der Waals surface area contributed by atoms with E-state index >= 15 is 0 Å². The van der Waals surface area contributed by atoms with Crippen molar-refractivity contribution in [2.45, 2.75) is 6.10 Å². The van der Waals surface area contributed by atoms with E-state index in [1.807, 2.05) is 0 Å². The third-order valence-electron chi connectivity index (χ3n) is 3.05. The van der Waals surface area contributed by atoms with Crippen molar-refractivity contribution in [3.8, 4) is 0 Å². The first kappa shape index (κ1) is 17.1. The van der Waals surface area contributed by atoms with Crippen LogP contribution in [0, 0.1) is 10.1 Å². The topological polar surface area (TPSA) is 119 Å². The van der Waals surface area contributed by atoms with Crippen molar-refractivity contribution >= 4 is 23.3 Å². The molecule has 2 aromatic carbocycles. The second-order valence-corrected chi connectivity index (χ2v) is 4.77. The normalized spacial score (nSPS) is 11.4. The van der Waals surface area contributed by atoms with Crippen LogP contribution < -0.4 is 5.32 Å². The van der Waals surface area contributed by atoms with Gasteiger partial charge in [-0.05, 0) is 17.7 Å². The molecular weight excluding hydrogens is 316 g/mol. The Morgan fingerprint density at radius 1 is 1.12 bits per heavy atom. The summed E-state index contributed by atoms with van der Waals surface area (Å²) in [7, 11) is 0. The molecule has 0 saturated carbocycles. The maximum atomic E-state index is 11.7. The van der Waals surface area contributed by atoms with Gasteiger partial charge in [-0.2, -0.15) is 0 Å². The molecule has 1 atom stereocenters. The van der Waals surface area contributed by atoms with Crippen LogP contribution in [-0.4, -0.2) is 28.5 Å². The van der Waals surface area contributed by atoms with Gasteiger partial charge in [0.1, 0.15) is 0 Å². The molecule has 2 N–H and O–H groups in total. The molecule has 2 aromatic rings. The van der Waals surface area contributed by atoms with Gasteiger partial charge in [0.25, 0.3) is 11.6 Å². The summed E-state index contributed by atoms with van der Waals surface area (Å²) < 4.78 is 4.74. The van der Waals surface area contributed by atoms with Gasteiger partial charge in [0.2, 0.25) is 0 Å². The summed E-state index contributed by atoms with van der Waals surface area (Å²) in [6.07, 6.45) is -1.47. The summed E-state index contributed by atoms with van der Waals surface area (Å²) in [5, 5.41) is 22.8. The van der Waals surface area contributed by atoms with Crippen molar-refractivity contribution in [3.05, 3.63) is 70.3 Å². The van der Waals surface area contributed by atoms with Crippen LogP contribution in [0.25, 0.3) is 0 Å². The lowest BCUT2D eigenvalue weighted by Gasteiger charge is -2.11. The van der Waals surface area contributed by atoms with Gasteiger partial charge in [-0.15, -0.1) is 0 Å².